The number of fused-ring (bicyclic) bond motifs is 1. The number of hydrogen-bond acceptors (Lipinski definition) is 4. The van der Waals surface area contributed by atoms with Crippen molar-refractivity contribution in [3.05, 3.63) is 70.5 Å². The molecule has 27 heavy (non-hydrogen) atoms. The molecule has 0 saturated heterocycles. The average Bonchev–Trinajstić information content (AvgIpc) is 2.97. The van der Waals surface area contributed by atoms with Crippen molar-refractivity contribution in [3.63, 3.8) is 0 Å². The van der Waals surface area contributed by atoms with Gasteiger partial charge in [-0.15, -0.1) is 0 Å². The topological polar surface area (TPSA) is 60.7 Å². The van der Waals surface area contributed by atoms with Gasteiger partial charge in [-0.05, 0) is 17.7 Å². The third kappa shape index (κ3) is 4.35. The molecule has 1 amide bonds. The van der Waals surface area contributed by atoms with Crippen LogP contribution < -0.4 is 4.80 Å². The number of thiazole rings is 1. The number of aromatic nitrogens is 1. The third-order valence-corrected chi connectivity index (χ3v) is 4.66. The van der Waals surface area contributed by atoms with E-state index in [1.165, 1.54) is 17.8 Å². The van der Waals surface area contributed by atoms with Gasteiger partial charge in [-0.1, -0.05) is 41.7 Å². The molecule has 0 bridgehead atoms. The van der Waals surface area contributed by atoms with Crippen molar-refractivity contribution in [1.29, 1.82) is 0 Å². The summed E-state index contributed by atoms with van der Waals surface area (Å²) in [6, 6.07) is 11.0. The normalized spacial score (nSPS) is 12.0. The summed E-state index contributed by atoms with van der Waals surface area (Å²) < 4.78 is 33.8. The number of ether oxygens (including phenoxy) is 1. The minimum Gasteiger partial charge on any atom is -0.468 e. The lowest BCUT2D eigenvalue weighted by atomic mass is 10.2. The van der Waals surface area contributed by atoms with Gasteiger partial charge in [0, 0.05) is 12.1 Å². The van der Waals surface area contributed by atoms with Gasteiger partial charge in [-0.3, -0.25) is 9.59 Å². The number of hydrogen-bond donors (Lipinski definition) is 0. The van der Waals surface area contributed by atoms with Crippen LogP contribution in [0.5, 0.6) is 0 Å². The van der Waals surface area contributed by atoms with E-state index in [1.807, 2.05) is 30.3 Å². The molecule has 0 spiro atoms. The van der Waals surface area contributed by atoms with Gasteiger partial charge in [0.15, 0.2) is 10.6 Å². The van der Waals surface area contributed by atoms with E-state index in [2.05, 4.69) is 9.73 Å². The molecule has 0 aliphatic heterocycles. The molecule has 1 aromatic heterocycles. The number of halogens is 2. The molecule has 2 aromatic carbocycles. The summed E-state index contributed by atoms with van der Waals surface area (Å²) in [5.41, 5.74) is 0.804. The fourth-order valence-corrected chi connectivity index (χ4v) is 3.49. The molecule has 0 radical (unpaired) electrons. The summed E-state index contributed by atoms with van der Waals surface area (Å²) in [6.45, 7) is -0.354. The number of nitrogens with zero attached hydrogens (tertiary/aromatic N) is 2. The van der Waals surface area contributed by atoms with Crippen LogP contribution in [0.3, 0.4) is 0 Å². The maximum absolute atomic E-state index is 14.2. The molecule has 1 heterocycles. The smallest absolute Gasteiger partial charge is 0.325 e. The van der Waals surface area contributed by atoms with Gasteiger partial charge >= 0.3 is 5.97 Å². The Morgan fingerprint density at radius 1 is 1.22 bits per heavy atom. The summed E-state index contributed by atoms with van der Waals surface area (Å²) >= 11 is 0.909. The Balaban J connectivity index is 2.06. The standard InChI is InChI=1S/C19H14F2N2O3S/c1-26-17(25)11-23-18-14(21)9-13(20)10-15(18)27-19(23)22-16(24)8-7-12-5-3-2-4-6-12/h2-10H,11H2,1H3/b8-7+,22-19?. The van der Waals surface area contributed by atoms with Gasteiger partial charge in [-0.2, -0.15) is 4.99 Å². The van der Waals surface area contributed by atoms with Crippen LogP contribution in [0.1, 0.15) is 5.56 Å². The highest BCUT2D eigenvalue weighted by atomic mass is 32.1. The molecule has 0 saturated carbocycles. The molecule has 8 heteroatoms. The molecular formula is C19H14F2N2O3S. The number of benzene rings is 2. The molecule has 0 aliphatic rings. The summed E-state index contributed by atoms with van der Waals surface area (Å²) in [4.78, 5) is 27.9. The highest BCUT2D eigenvalue weighted by molar-refractivity contribution is 7.16. The molecule has 0 atom stereocenters. The van der Waals surface area contributed by atoms with E-state index in [4.69, 9.17) is 0 Å². The van der Waals surface area contributed by atoms with Crippen molar-refractivity contribution in [2.75, 3.05) is 7.11 Å². The van der Waals surface area contributed by atoms with Crippen molar-refractivity contribution in [2.45, 2.75) is 6.54 Å². The Morgan fingerprint density at radius 3 is 2.67 bits per heavy atom. The largest absolute Gasteiger partial charge is 0.468 e. The Kier molecular flexibility index (Phi) is 5.56. The Labute approximate surface area is 156 Å². The van der Waals surface area contributed by atoms with Crippen LogP contribution >= 0.6 is 11.3 Å². The predicted octanol–water partition coefficient (Wildman–Crippen LogP) is 3.29. The fraction of sp³-hybridized carbons (Fsp3) is 0.105. The molecule has 0 fully saturated rings. The lowest BCUT2D eigenvalue weighted by Crippen LogP contribution is -2.22. The zero-order valence-electron chi connectivity index (χ0n) is 14.2. The van der Waals surface area contributed by atoms with E-state index in [-0.39, 0.29) is 21.6 Å². The molecule has 0 N–H and O–H groups in total. The molecule has 5 nitrogen and oxygen atoms in total. The van der Waals surface area contributed by atoms with E-state index >= 15 is 0 Å². The first-order chi connectivity index (χ1) is 13.0. The second-order valence-electron chi connectivity index (χ2n) is 5.48. The van der Waals surface area contributed by atoms with Crippen LogP contribution in [0, 0.1) is 11.6 Å². The zero-order valence-corrected chi connectivity index (χ0v) is 15.0. The minimum atomic E-state index is -0.848. The number of carbonyl (C=O) groups excluding carboxylic acids is 2. The van der Waals surface area contributed by atoms with Crippen molar-refractivity contribution < 1.29 is 23.1 Å². The number of methoxy groups -OCH3 is 1. The summed E-state index contributed by atoms with van der Waals surface area (Å²) in [7, 11) is 1.19. The first-order valence-corrected chi connectivity index (χ1v) is 8.66. The van der Waals surface area contributed by atoms with E-state index in [9.17, 15) is 18.4 Å². The highest BCUT2D eigenvalue weighted by Gasteiger charge is 2.16. The van der Waals surface area contributed by atoms with Gasteiger partial charge < -0.3 is 9.30 Å². The fourth-order valence-electron chi connectivity index (χ4n) is 2.42. The van der Waals surface area contributed by atoms with Crippen molar-refractivity contribution in [1.82, 2.24) is 4.57 Å². The lowest BCUT2D eigenvalue weighted by molar-refractivity contribution is -0.141. The number of carbonyl (C=O) groups is 2. The van der Waals surface area contributed by atoms with Gasteiger partial charge in [0.05, 0.1) is 17.3 Å². The monoisotopic (exact) mass is 388 g/mol. The second-order valence-corrected chi connectivity index (χ2v) is 6.48. The average molecular weight is 388 g/mol. The molecule has 138 valence electrons. The Bertz CT molecular complexity index is 1100. The number of rotatable bonds is 4. The van der Waals surface area contributed by atoms with Crippen LogP contribution in [0.25, 0.3) is 16.3 Å². The molecule has 3 rings (SSSR count). The predicted molar refractivity (Wildman–Crippen MR) is 97.8 cm³/mol. The Morgan fingerprint density at radius 2 is 1.96 bits per heavy atom. The first kappa shape index (κ1) is 18.7. The number of amides is 1. The molecule has 0 unspecified atom stereocenters. The first-order valence-electron chi connectivity index (χ1n) is 7.85. The maximum atomic E-state index is 14.2. The van der Waals surface area contributed by atoms with Gasteiger partial charge in [-0.25, -0.2) is 8.78 Å². The summed E-state index contributed by atoms with van der Waals surface area (Å²) in [5.74, 6) is -2.84. The van der Waals surface area contributed by atoms with Crippen LogP contribution in [0.4, 0.5) is 8.78 Å². The summed E-state index contributed by atoms with van der Waals surface area (Å²) in [5, 5.41) is 0. The number of esters is 1. The van der Waals surface area contributed by atoms with Gasteiger partial charge in [0.2, 0.25) is 0 Å². The molecule has 0 aliphatic carbocycles. The zero-order chi connectivity index (χ0) is 19.4. The maximum Gasteiger partial charge on any atom is 0.325 e. The van der Waals surface area contributed by atoms with Crippen LogP contribution in [-0.4, -0.2) is 23.6 Å². The minimum absolute atomic E-state index is 0.00890. The van der Waals surface area contributed by atoms with E-state index in [0.717, 1.165) is 23.0 Å². The van der Waals surface area contributed by atoms with Gasteiger partial charge in [0.25, 0.3) is 5.91 Å². The van der Waals surface area contributed by atoms with Crippen LogP contribution in [-0.2, 0) is 20.9 Å². The van der Waals surface area contributed by atoms with Crippen molar-refractivity contribution in [3.8, 4) is 0 Å². The van der Waals surface area contributed by atoms with Crippen molar-refractivity contribution >= 4 is 39.5 Å². The lowest BCUT2D eigenvalue weighted by Gasteiger charge is -2.04. The van der Waals surface area contributed by atoms with Crippen LogP contribution in [0.15, 0.2) is 53.5 Å². The quantitative estimate of drug-likeness (QED) is 0.509. The summed E-state index contributed by atoms with van der Waals surface area (Å²) in [6.07, 6.45) is 2.85. The van der Waals surface area contributed by atoms with Crippen LogP contribution in [0.2, 0.25) is 0 Å². The van der Waals surface area contributed by atoms with Gasteiger partial charge in [0.1, 0.15) is 12.4 Å². The highest BCUT2D eigenvalue weighted by Crippen LogP contribution is 2.22. The third-order valence-electron chi connectivity index (χ3n) is 3.63. The molecular weight excluding hydrogens is 374 g/mol. The van der Waals surface area contributed by atoms with E-state index in [0.29, 0.717) is 6.07 Å². The second kappa shape index (κ2) is 8.05. The SMILES string of the molecule is COC(=O)Cn1c(=NC(=O)/C=C/c2ccccc2)sc2cc(F)cc(F)c21. The van der Waals surface area contributed by atoms with E-state index < -0.39 is 23.5 Å². The Hall–Kier alpha value is -3.13. The molecule has 3 aromatic rings. The van der Waals surface area contributed by atoms with Crippen molar-refractivity contribution in [2.24, 2.45) is 4.99 Å². The van der Waals surface area contributed by atoms with E-state index in [1.54, 1.807) is 6.08 Å².